The highest BCUT2D eigenvalue weighted by atomic mass is 127. The predicted octanol–water partition coefficient (Wildman–Crippen LogP) is 5.67. The van der Waals surface area contributed by atoms with E-state index in [0.717, 1.165) is 19.8 Å². The molecular weight excluding hydrogens is 559 g/mol. The van der Waals surface area contributed by atoms with Gasteiger partial charge in [-0.2, -0.15) is 0 Å². The molecule has 7 nitrogen and oxygen atoms in total. The van der Waals surface area contributed by atoms with Crippen LogP contribution < -0.4 is 19.3 Å². The summed E-state index contributed by atoms with van der Waals surface area (Å²) in [4.78, 5) is 42.4. The van der Waals surface area contributed by atoms with Crippen molar-refractivity contribution in [2.75, 3.05) is 23.5 Å². The molecule has 4 rings (SSSR count). The van der Waals surface area contributed by atoms with Gasteiger partial charge in [0.05, 0.1) is 28.7 Å². The Labute approximate surface area is 217 Å². The lowest BCUT2D eigenvalue weighted by atomic mass is 10.0. The molecule has 3 aromatic rings. The van der Waals surface area contributed by atoms with Gasteiger partial charge in [-0.15, -0.1) is 0 Å². The summed E-state index contributed by atoms with van der Waals surface area (Å²) in [5, 5.41) is 0. The number of hydrogen-bond acceptors (Lipinski definition) is 5. The number of methoxy groups -OCH3 is 1. The van der Waals surface area contributed by atoms with Crippen molar-refractivity contribution < 1.29 is 23.9 Å². The Kier molecular flexibility index (Phi) is 7.50. The third-order valence-corrected chi connectivity index (χ3v) is 6.09. The Bertz CT molecular complexity index is 1230. The van der Waals surface area contributed by atoms with Crippen LogP contribution >= 0.6 is 22.6 Å². The minimum absolute atomic E-state index is 0.141. The van der Waals surface area contributed by atoms with E-state index in [9.17, 15) is 14.4 Å². The van der Waals surface area contributed by atoms with E-state index in [1.54, 1.807) is 72.8 Å². The van der Waals surface area contributed by atoms with Gasteiger partial charge in [0.1, 0.15) is 5.57 Å². The van der Waals surface area contributed by atoms with Crippen LogP contribution in [0.25, 0.3) is 6.08 Å². The molecule has 0 aliphatic carbocycles. The normalized spacial score (nSPS) is 13.8. The molecule has 0 unspecified atom stereocenters. The van der Waals surface area contributed by atoms with Gasteiger partial charge in [0.25, 0.3) is 11.8 Å². The van der Waals surface area contributed by atoms with Crippen molar-refractivity contribution >= 4 is 57.9 Å². The zero-order valence-corrected chi connectivity index (χ0v) is 21.4. The number of amides is 4. The molecule has 4 amide bonds. The third kappa shape index (κ3) is 4.93. The smallest absolute Gasteiger partial charge is 0.343 e. The highest BCUT2D eigenvalue weighted by Crippen LogP contribution is 2.36. The zero-order chi connectivity index (χ0) is 24.9. The van der Waals surface area contributed by atoms with Crippen molar-refractivity contribution in [3.05, 3.63) is 87.5 Å². The summed E-state index contributed by atoms with van der Waals surface area (Å²) in [7, 11) is 1.53. The van der Waals surface area contributed by atoms with Gasteiger partial charge in [-0.1, -0.05) is 43.3 Å². The molecule has 0 aromatic heterocycles. The van der Waals surface area contributed by atoms with Gasteiger partial charge >= 0.3 is 6.03 Å². The van der Waals surface area contributed by atoms with Crippen LogP contribution in [0.3, 0.4) is 0 Å². The highest BCUT2D eigenvalue weighted by Gasteiger charge is 2.43. The molecule has 0 N–H and O–H groups in total. The average Bonchev–Trinajstić information content (AvgIpc) is 2.87. The first kappa shape index (κ1) is 24.5. The molecule has 35 heavy (non-hydrogen) atoms. The second-order valence-corrected chi connectivity index (χ2v) is 8.84. The molecule has 3 aromatic carbocycles. The van der Waals surface area contributed by atoms with Gasteiger partial charge in [-0.25, -0.2) is 14.6 Å². The van der Waals surface area contributed by atoms with E-state index >= 15 is 0 Å². The molecule has 0 bridgehead atoms. The van der Waals surface area contributed by atoms with Crippen LogP contribution in [-0.4, -0.2) is 31.6 Å². The van der Waals surface area contributed by atoms with Crippen LogP contribution in [0.2, 0.25) is 0 Å². The Morgan fingerprint density at radius 1 is 0.857 bits per heavy atom. The van der Waals surface area contributed by atoms with Crippen molar-refractivity contribution in [1.82, 2.24) is 0 Å². The maximum absolute atomic E-state index is 13.5. The first-order chi connectivity index (χ1) is 17.0. The molecule has 0 atom stereocenters. The van der Waals surface area contributed by atoms with Crippen LogP contribution in [0, 0.1) is 3.57 Å². The van der Waals surface area contributed by atoms with Crippen LogP contribution in [-0.2, 0) is 9.59 Å². The maximum Gasteiger partial charge on any atom is 0.343 e. The van der Waals surface area contributed by atoms with Crippen molar-refractivity contribution in [2.24, 2.45) is 0 Å². The topological polar surface area (TPSA) is 76.2 Å². The zero-order valence-electron chi connectivity index (χ0n) is 19.2. The van der Waals surface area contributed by atoms with Crippen molar-refractivity contribution in [2.45, 2.75) is 13.3 Å². The van der Waals surface area contributed by atoms with E-state index in [0.29, 0.717) is 35.0 Å². The van der Waals surface area contributed by atoms with Gasteiger partial charge in [0, 0.05) is 0 Å². The van der Waals surface area contributed by atoms with Gasteiger partial charge in [0.15, 0.2) is 11.5 Å². The van der Waals surface area contributed by atoms with Crippen LogP contribution in [0.15, 0.2) is 78.4 Å². The molecular formula is C27H23IN2O5. The summed E-state index contributed by atoms with van der Waals surface area (Å²) >= 11 is 2.13. The Morgan fingerprint density at radius 2 is 1.40 bits per heavy atom. The summed E-state index contributed by atoms with van der Waals surface area (Å²) in [6.45, 7) is 2.54. The summed E-state index contributed by atoms with van der Waals surface area (Å²) in [5.74, 6) is -0.299. The average molecular weight is 582 g/mol. The lowest BCUT2D eigenvalue weighted by molar-refractivity contribution is -0.121. The minimum atomic E-state index is -0.731. The summed E-state index contributed by atoms with van der Waals surface area (Å²) in [5.41, 5.74) is 1.18. The van der Waals surface area contributed by atoms with Gasteiger partial charge in [-0.3, -0.25) is 9.59 Å². The minimum Gasteiger partial charge on any atom is -0.493 e. The molecule has 1 fully saturated rings. The molecule has 0 radical (unpaired) electrons. The number of halogens is 1. The Hall–Kier alpha value is -3.66. The number of urea groups is 1. The number of anilines is 2. The number of imide groups is 2. The van der Waals surface area contributed by atoms with Gasteiger partial charge in [0.2, 0.25) is 0 Å². The predicted molar refractivity (Wildman–Crippen MR) is 143 cm³/mol. The van der Waals surface area contributed by atoms with Crippen LogP contribution in [0.4, 0.5) is 16.2 Å². The SMILES string of the molecule is CCCOc1c(I)cc(C=C2C(=O)N(c3ccccc3)C(=O)N(c3ccccc3)C2=O)cc1OC. The monoisotopic (exact) mass is 582 g/mol. The lowest BCUT2D eigenvalue weighted by Crippen LogP contribution is -2.57. The first-order valence-electron chi connectivity index (χ1n) is 11.0. The van der Waals surface area contributed by atoms with Gasteiger partial charge < -0.3 is 9.47 Å². The summed E-state index contributed by atoms with van der Waals surface area (Å²) in [6.07, 6.45) is 2.32. The van der Waals surface area contributed by atoms with E-state index < -0.39 is 17.8 Å². The number of para-hydroxylation sites is 2. The fourth-order valence-electron chi connectivity index (χ4n) is 3.67. The Morgan fingerprint density at radius 3 is 1.89 bits per heavy atom. The third-order valence-electron chi connectivity index (χ3n) is 5.29. The standard InChI is InChI=1S/C27H23IN2O5/c1-3-14-35-24-22(28)16-18(17-23(24)34-2)15-21-25(31)29(19-10-6-4-7-11-19)27(33)30(26(21)32)20-12-8-5-9-13-20/h4-13,15-17H,3,14H2,1-2H3. The molecule has 0 saturated carbocycles. The van der Waals surface area contributed by atoms with Crippen molar-refractivity contribution in [1.29, 1.82) is 0 Å². The molecule has 8 heteroatoms. The van der Waals surface area contributed by atoms with Crippen LogP contribution in [0.1, 0.15) is 18.9 Å². The lowest BCUT2D eigenvalue weighted by Gasteiger charge is -2.34. The number of benzene rings is 3. The quantitative estimate of drug-likeness (QED) is 0.204. The van der Waals surface area contributed by atoms with Gasteiger partial charge in [-0.05, 0) is 77.0 Å². The van der Waals surface area contributed by atoms with E-state index in [1.165, 1.54) is 13.2 Å². The number of carbonyl (C=O) groups excluding carboxylic acids is 3. The number of carbonyl (C=O) groups is 3. The number of barbiturate groups is 1. The molecule has 1 aliphatic heterocycles. The van der Waals surface area contributed by atoms with E-state index in [-0.39, 0.29) is 5.57 Å². The largest absolute Gasteiger partial charge is 0.493 e. The number of ether oxygens (including phenoxy) is 2. The second-order valence-electron chi connectivity index (χ2n) is 7.68. The van der Waals surface area contributed by atoms with E-state index in [2.05, 4.69) is 22.6 Å². The summed E-state index contributed by atoms with van der Waals surface area (Å²) < 4.78 is 12.1. The first-order valence-corrected chi connectivity index (χ1v) is 12.1. The van der Waals surface area contributed by atoms with E-state index in [4.69, 9.17) is 9.47 Å². The maximum atomic E-state index is 13.5. The molecule has 0 spiro atoms. The fraction of sp³-hybridized carbons (Fsp3) is 0.148. The molecule has 178 valence electrons. The molecule has 1 saturated heterocycles. The van der Waals surface area contributed by atoms with Crippen molar-refractivity contribution in [3.8, 4) is 11.5 Å². The number of nitrogens with zero attached hydrogens (tertiary/aromatic N) is 2. The Balaban J connectivity index is 1.84. The number of rotatable bonds is 7. The second kappa shape index (κ2) is 10.7. The molecule has 1 heterocycles. The fourth-order valence-corrected chi connectivity index (χ4v) is 4.45. The highest BCUT2D eigenvalue weighted by molar-refractivity contribution is 14.1. The van der Waals surface area contributed by atoms with E-state index in [1.807, 2.05) is 6.92 Å². The number of hydrogen-bond donors (Lipinski definition) is 0. The molecule has 1 aliphatic rings. The summed E-state index contributed by atoms with van der Waals surface area (Å²) in [6, 6.07) is 19.9. The van der Waals surface area contributed by atoms with Crippen LogP contribution in [0.5, 0.6) is 11.5 Å². The van der Waals surface area contributed by atoms with Crippen molar-refractivity contribution in [3.63, 3.8) is 0 Å².